The second-order valence-electron chi connectivity index (χ2n) is 14.0. The first-order valence-electron chi connectivity index (χ1n) is 20.1. The van der Waals surface area contributed by atoms with Gasteiger partial charge in [0.2, 0.25) is 11.8 Å². The summed E-state index contributed by atoms with van der Waals surface area (Å²) in [7, 11) is 0. The number of hydrogen-bond donors (Lipinski definition) is 4. The Hall–Kier alpha value is -5.12. The van der Waals surface area contributed by atoms with Gasteiger partial charge in [0.25, 0.3) is 0 Å². The molecule has 0 unspecified atom stereocenters. The van der Waals surface area contributed by atoms with Crippen molar-refractivity contribution in [2.45, 2.75) is 51.1 Å². The highest BCUT2D eigenvalue weighted by atomic mass is 16.6. The first-order chi connectivity index (χ1) is 28.3. The second-order valence-corrected chi connectivity index (χ2v) is 14.0. The monoisotopic (exact) mass is 799 g/mol. The average Bonchev–Trinajstić information content (AvgIpc) is 3.73. The Morgan fingerprint density at radius 3 is 2.21 bits per heavy atom. The fourth-order valence-electron chi connectivity index (χ4n) is 6.86. The zero-order chi connectivity index (χ0) is 41.0. The van der Waals surface area contributed by atoms with E-state index in [0.29, 0.717) is 110 Å². The number of aliphatic carboxylic acids is 1. The van der Waals surface area contributed by atoms with E-state index in [4.69, 9.17) is 29.4 Å². The van der Waals surface area contributed by atoms with Crippen LogP contribution in [0.3, 0.4) is 0 Å². The quantitative estimate of drug-likeness (QED) is 0.0616. The van der Waals surface area contributed by atoms with Crippen LogP contribution >= 0.6 is 0 Å². The summed E-state index contributed by atoms with van der Waals surface area (Å²) in [5, 5.41) is 17.9. The molecule has 0 saturated carbocycles. The maximum atomic E-state index is 13.6. The predicted octanol–water partition coefficient (Wildman–Crippen LogP) is 5.13. The molecule has 1 aliphatic rings. The van der Waals surface area contributed by atoms with E-state index in [2.05, 4.69) is 15.6 Å². The third-order valence-corrected chi connectivity index (χ3v) is 9.73. The van der Waals surface area contributed by atoms with Crippen molar-refractivity contribution in [1.29, 1.82) is 0 Å². The van der Waals surface area contributed by atoms with Gasteiger partial charge < -0.3 is 50.1 Å². The van der Waals surface area contributed by atoms with E-state index in [9.17, 15) is 19.5 Å². The molecule has 1 fully saturated rings. The van der Waals surface area contributed by atoms with Gasteiger partial charge in [-0.3, -0.25) is 14.4 Å². The first kappa shape index (κ1) is 44.0. The number of hydrogen-bond acceptors (Lipinski definition) is 11. The van der Waals surface area contributed by atoms with E-state index in [0.717, 1.165) is 39.0 Å². The number of pyridine rings is 1. The molecule has 14 heteroatoms. The molecule has 1 aromatic heterocycles. The number of nitrogens with zero attached hydrogens (tertiary/aromatic N) is 2. The molecule has 1 saturated heterocycles. The van der Waals surface area contributed by atoms with Gasteiger partial charge in [0.05, 0.1) is 65.3 Å². The molecule has 2 amide bonds. The number of aromatic nitrogens is 1. The summed E-state index contributed by atoms with van der Waals surface area (Å²) in [5.41, 5.74) is 9.06. The van der Waals surface area contributed by atoms with Crippen molar-refractivity contribution in [2.75, 3.05) is 84.4 Å². The lowest BCUT2D eigenvalue weighted by Crippen LogP contribution is -2.47. The molecular weight excluding hydrogens is 743 g/mol. The first-order valence-corrected chi connectivity index (χ1v) is 20.1. The zero-order valence-electron chi connectivity index (χ0n) is 33.4. The molecule has 1 aliphatic heterocycles. The number of ether oxygens (including phenoxy) is 5. The van der Waals surface area contributed by atoms with Gasteiger partial charge in [0.15, 0.2) is 0 Å². The van der Waals surface area contributed by atoms with Crippen LogP contribution in [-0.2, 0) is 33.3 Å². The molecule has 0 bridgehead atoms. The number of carboxylic acid groups (broad SMARTS) is 1. The van der Waals surface area contributed by atoms with Gasteiger partial charge in [-0.05, 0) is 72.0 Å². The number of nitrogens with two attached hydrogens (primary N) is 1. The third kappa shape index (κ3) is 13.8. The number of anilines is 1. The van der Waals surface area contributed by atoms with Crippen molar-refractivity contribution in [3.8, 4) is 16.9 Å². The van der Waals surface area contributed by atoms with Crippen LogP contribution in [0.25, 0.3) is 21.9 Å². The summed E-state index contributed by atoms with van der Waals surface area (Å²) in [4.78, 5) is 44.7. The largest absolute Gasteiger partial charge is 0.491 e. The second kappa shape index (κ2) is 24.0. The Morgan fingerprint density at radius 1 is 0.862 bits per heavy atom. The number of carbonyl (C=O) groups excluding carboxylic acids is 2. The van der Waals surface area contributed by atoms with Crippen molar-refractivity contribution in [3.63, 3.8) is 0 Å². The minimum atomic E-state index is -1.04. The molecule has 312 valence electrons. The van der Waals surface area contributed by atoms with Crippen LogP contribution in [0.4, 0.5) is 5.82 Å². The standard InChI is InChI=1S/C44H57N5O9/c1-32-16-19-47-41(30-32)46-18-4-9-42(50)49-20-5-8-39(49)44(53)48-38(31-43(51)52)34-12-10-33(11-13-34)35-14-15-40(37-7-3-2-6-36(35)37)58-29-28-57-27-26-56-25-24-55-23-22-54-21-17-45/h2-3,6-7,10-16,19,30,38-39H,4-5,8-9,17-18,20-29,31,45H2,1H3,(H,46,47)(H,48,53)(H,51,52)/t38-,39+/m0/s1. The molecule has 0 radical (unpaired) electrons. The number of rotatable bonds is 26. The molecule has 14 nitrogen and oxygen atoms in total. The highest BCUT2D eigenvalue weighted by molar-refractivity contribution is 6.00. The number of fused-ring (bicyclic) bond motifs is 1. The van der Waals surface area contributed by atoms with Crippen LogP contribution in [-0.4, -0.2) is 118 Å². The van der Waals surface area contributed by atoms with Crippen molar-refractivity contribution < 1.29 is 43.2 Å². The predicted molar refractivity (Wildman–Crippen MR) is 222 cm³/mol. The van der Waals surface area contributed by atoms with E-state index in [1.807, 2.05) is 79.7 Å². The van der Waals surface area contributed by atoms with E-state index in [-0.39, 0.29) is 18.2 Å². The minimum Gasteiger partial charge on any atom is -0.491 e. The highest BCUT2D eigenvalue weighted by Gasteiger charge is 2.35. The summed E-state index contributed by atoms with van der Waals surface area (Å²) in [6.45, 7) is 7.77. The van der Waals surface area contributed by atoms with E-state index < -0.39 is 18.1 Å². The number of carboxylic acids is 1. The summed E-state index contributed by atoms with van der Waals surface area (Å²) >= 11 is 0. The van der Waals surface area contributed by atoms with Crippen LogP contribution < -0.4 is 21.1 Å². The van der Waals surface area contributed by atoms with E-state index >= 15 is 0 Å². The summed E-state index contributed by atoms with van der Waals surface area (Å²) in [6.07, 6.45) is 3.57. The van der Waals surface area contributed by atoms with Crippen LogP contribution in [0.5, 0.6) is 5.75 Å². The van der Waals surface area contributed by atoms with Gasteiger partial charge in [0, 0.05) is 37.6 Å². The Morgan fingerprint density at radius 2 is 1.53 bits per heavy atom. The van der Waals surface area contributed by atoms with Gasteiger partial charge in [0.1, 0.15) is 24.2 Å². The Balaban J connectivity index is 1.11. The number of amides is 2. The fraction of sp³-hybridized carbons (Fsp3) is 0.455. The lowest BCUT2D eigenvalue weighted by Gasteiger charge is -2.26. The molecule has 4 aromatic rings. The van der Waals surface area contributed by atoms with Crippen LogP contribution in [0.1, 0.15) is 49.3 Å². The molecule has 2 heterocycles. The Kier molecular flexibility index (Phi) is 18.2. The average molecular weight is 800 g/mol. The van der Waals surface area contributed by atoms with Crippen molar-refractivity contribution in [2.24, 2.45) is 5.73 Å². The Bertz CT molecular complexity index is 1890. The molecule has 0 spiro atoms. The third-order valence-electron chi connectivity index (χ3n) is 9.73. The number of carbonyl (C=O) groups is 3. The van der Waals surface area contributed by atoms with Gasteiger partial charge in [-0.2, -0.15) is 0 Å². The zero-order valence-corrected chi connectivity index (χ0v) is 33.4. The SMILES string of the molecule is Cc1ccnc(NCCCC(=O)N2CCC[C@@H]2C(=O)N[C@@H](CC(=O)O)c2ccc(-c3ccc(OCCOCCOCCOCCOCCN)c4ccccc34)cc2)c1. The van der Waals surface area contributed by atoms with Gasteiger partial charge in [-0.25, -0.2) is 4.98 Å². The van der Waals surface area contributed by atoms with E-state index in [1.54, 1.807) is 11.1 Å². The smallest absolute Gasteiger partial charge is 0.305 e. The van der Waals surface area contributed by atoms with Gasteiger partial charge in [-0.15, -0.1) is 0 Å². The van der Waals surface area contributed by atoms with Crippen LogP contribution in [0.15, 0.2) is 79.0 Å². The van der Waals surface area contributed by atoms with Crippen LogP contribution in [0, 0.1) is 6.92 Å². The van der Waals surface area contributed by atoms with Crippen molar-refractivity contribution >= 4 is 34.4 Å². The summed E-state index contributed by atoms with van der Waals surface area (Å²) in [6, 6.07) is 22.0. The minimum absolute atomic E-state index is 0.0895. The topological polar surface area (TPSA) is 184 Å². The molecule has 5 N–H and O–H groups in total. The number of nitrogens with one attached hydrogen (secondary N) is 2. The number of benzene rings is 3. The van der Waals surface area contributed by atoms with E-state index in [1.165, 1.54) is 0 Å². The normalized spacial score (nSPS) is 14.4. The fourth-order valence-corrected chi connectivity index (χ4v) is 6.86. The van der Waals surface area contributed by atoms with Gasteiger partial charge >= 0.3 is 5.97 Å². The maximum absolute atomic E-state index is 13.6. The molecule has 0 aliphatic carbocycles. The number of aryl methyl sites for hydroxylation is 1. The molecule has 2 atom stereocenters. The van der Waals surface area contributed by atoms with Crippen molar-refractivity contribution in [3.05, 3.63) is 90.1 Å². The maximum Gasteiger partial charge on any atom is 0.305 e. The lowest BCUT2D eigenvalue weighted by molar-refractivity contribution is -0.140. The molecule has 5 rings (SSSR count). The van der Waals surface area contributed by atoms with Crippen molar-refractivity contribution in [1.82, 2.24) is 15.2 Å². The lowest BCUT2D eigenvalue weighted by atomic mass is 9.95. The highest BCUT2D eigenvalue weighted by Crippen LogP contribution is 2.35. The van der Waals surface area contributed by atoms with Gasteiger partial charge in [-0.1, -0.05) is 54.6 Å². The summed E-state index contributed by atoms with van der Waals surface area (Å²) < 4.78 is 28.0. The number of likely N-dealkylation sites (tertiary alicyclic amines) is 1. The van der Waals surface area contributed by atoms with Crippen LogP contribution in [0.2, 0.25) is 0 Å². The Labute approximate surface area is 340 Å². The molecule has 58 heavy (non-hydrogen) atoms. The molecule has 3 aromatic carbocycles. The molecular formula is C44H57N5O9. The summed E-state index contributed by atoms with van der Waals surface area (Å²) in [5.74, 6) is 0.0327.